The highest BCUT2D eigenvalue weighted by Gasteiger charge is 2.38. The first-order valence-corrected chi connectivity index (χ1v) is 9.50. The molecule has 2 amide bonds. The summed E-state index contributed by atoms with van der Waals surface area (Å²) < 4.78 is 5.86. The molecule has 4 rings (SSSR count). The molecule has 1 aromatic carbocycles. The van der Waals surface area contributed by atoms with Crippen molar-refractivity contribution in [2.45, 2.75) is 38.2 Å². The van der Waals surface area contributed by atoms with Crippen molar-refractivity contribution >= 4 is 11.8 Å². The smallest absolute Gasteiger partial charge is 0.226 e. The lowest BCUT2D eigenvalue weighted by molar-refractivity contribution is -0.149. The summed E-state index contributed by atoms with van der Waals surface area (Å²) in [6, 6.07) is 9.76. The zero-order valence-electron chi connectivity index (χ0n) is 14.6. The molecule has 1 saturated carbocycles. The molecule has 1 aromatic rings. The minimum atomic E-state index is 0.0723. The van der Waals surface area contributed by atoms with Gasteiger partial charge in [-0.05, 0) is 37.8 Å². The number of amides is 2. The van der Waals surface area contributed by atoms with Crippen molar-refractivity contribution < 1.29 is 14.3 Å². The van der Waals surface area contributed by atoms with E-state index in [4.69, 9.17) is 4.74 Å². The minimum absolute atomic E-state index is 0.0723. The number of hydrogen-bond acceptors (Lipinski definition) is 3. The van der Waals surface area contributed by atoms with E-state index in [-0.39, 0.29) is 23.8 Å². The lowest BCUT2D eigenvalue weighted by Gasteiger charge is -2.42. The lowest BCUT2D eigenvalue weighted by Crippen LogP contribution is -2.58. The molecule has 0 atom stereocenters. The quantitative estimate of drug-likeness (QED) is 0.844. The average molecular weight is 342 g/mol. The molecule has 0 radical (unpaired) electrons. The van der Waals surface area contributed by atoms with Gasteiger partial charge in [0.15, 0.2) is 0 Å². The molecule has 3 aliphatic rings. The van der Waals surface area contributed by atoms with Gasteiger partial charge in [0, 0.05) is 24.9 Å². The Kier molecular flexibility index (Phi) is 4.64. The third-order valence-corrected chi connectivity index (χ3v) is 5.82. The van der Waals surface area contributed by atoms with E-state index in [0.717, 1.165) is 44.5 Å². The second-order valence-electron chi connectivity index (χ2n) is 7.52. The highest BCUT2D eigenvalue weighted by Crippen LogP contribution is 2.31. The number of likely N-dealkylation sites (tertiary alicyclic amines) is 2. The van der Waals surface area contributed by atoms with E-state index >= 15 is 0 Å². The second-order valence-corrected chi connectivity index (χ2v) is 7.52. The molecule has 3 fully saturated rings. The van der Waals surface area contributed by atoms with Crippen LogP contribution >= 0.6 is 0 Å². The summed E-state index contributed by atoms with van der Waals surface area (Å²) in [6.07, 6.45) is 5.00. The van der Waals surface area contributed by atoms with E-state index in [1.165, 1.54) is 6.42 Å². The van der Waals surface area contributed by atoms with E-state index in [1.54, 1.807) is 0 Å². The Balaban J connectivity index is 1.20. The van der Waals surface area contributed by atoms with Crippen LogP contribution in [0.25, 0.3) is 0 Å². The van der Waals surface area contributed by atoms with Crippen LogP contribution < -0.4 is 4.74 Å². The molecule has 0 spiro atoms. The monoisotopic (exact) mass is 342 g/mol. The Morgan fingerprint density at radius 3 is 2.04 bits per heavy atom. The predicted octanol–water partition coefficient (Wildman–Crippen LogP) is 2.31. The van der Waals surface area contributed by atoms with Gasteiger partial charge in [0.05, 0.1) is 13.1 Å². The van der Waals surface area contributed by atoms with Gasteiger partial charge >= 0.3 is 0 Å². The second kappa shape index (κ2) is 7.06. The Morgan fingerprint density at radius 1 is 0.840 bits per heavy atom. The molecule has 5 heteroatoms. The van der Waals surface area contributed by atoms with Gasteiger partial charge in [0.1, 0.15) is 11.9 Å². The Labute approximate surface area is 148 Å². The SMILES string of the molecule is O=C(C1CCC1)N1CCC(C(=O)N2CC(Oc3ccccc3)C2)CC1. The zero-order valence-corrected chi connectivity index (χ0v) is 14.6. The fourth-order valence-corrected chi connectivity index (χ4v) is 3.90. The predicted molar refractivity (Wildman–Crippen MR) is 94.1 cm³/mol. The van der Waals surface area contributed by atoms with Crippen molar-refractivity contribution in [1.82, 2.24) is 9.80 Å². The molecule has 2 heterocycles. The van der Waals surface area contributed by atoms with Gasteiger partial charge in [-0.3, -0.25) is 9.59 Å². The van der Waals surface area contributed by atoms with E-state index in [2.05, 4.69) is 0 Å². The van der Waals surface area contributed by atoms with Gasteiger partial charge < -0.3 is 14.5 Å². The van der Waals surface area contributed by atoms with Crippen molar-refractivity contribution in [1.29, 1.82) is 0 Å². The number of rotatable bonds is 4. The molecule has 0 unspecified atom stereocenters. The van der Waals surface area contributed by atoms with E-state index < -0.39 is 0 Å². The summed E-state index contributed by atoms with van der Waals surface area (Å²) in [7, 11) is 0. The van der Waals surface area contributed by atoms with Gasteiger partial charge in [-0.2, -0.15) is 0 Å². The summed E-state index contributed by atoms with van der Waals surface area (Å²) in [5.41, 5.74) is 0. The van der Waals surface area contributed by atoms with Crippen LogP contribution in [0.1, 0.15) is 32.1 Å². The molecule has 0 bridgehead atoms. The average Bonchev–Trinajstić information content (AvgIpc) is 2.57. The van der Waals surface area contributed by atoms with Crippen molar-refractivity contribution in [3.63, 3.8) is 0 Å². The fraction of sp³-hybridized carbons (Fsp3) is 0.600. The third-order valence-electron chi connectivity index (χ3n) is 5.82. The summed E-state index contributed by atoms with van der Waals surface area (Å²) in [5, 5.41) is 0. The molecular weight excluding hydrogens is 316 g/mol. The van der Waals surface area contributed by atoms with Crippen molar-refractivity contribution in [2.24, 2.45) is 11.8 Å². The molecule has 0 N–H and O–H groups in total. The Hall–Kier alpha value is -2.04. The van der Waals surface area contributed by atoms with Gasteiger partial charge in [-0.15, -0.1) is 0 Å². The number of hydrogen-bond donors (Lipinski definition) is 0. The zero-order chi connectivity index (χ0) is 17.2. The van der Waals surface area contributed by atoms with Gasteiger partial charge in [0.2, 0.25) is 11.8 Å². The maximum atomic E-state index is 12.6. The molecule has 2 aliphatic heterocycles. The topological polar surface area (TPSA) is 49.9 Å². The fourth-order valence-electron chi connectivity index (χ4n) is 3.90. The normalized spacial score (nSPS) is 22.2. The summed E-state index contributed by atoms with van der Waals surface area (Å²) in [5.74, 6) is 1.75. The molecule has 5 nitrogen and oxygen atoms in total. The number of ether oxygens (including phenoxy) is 1. The van der Waals surface area contributed by atoms with E-state index in [9.17, 15) is 9.59 Å². The van der Waals surface area contributed by atoms with Crippen molar-refractivity contribution in [3.8, 4) is 5.75 Å². The highest BCUT2D eigenvalue weighted by molar-refractivity contribution is 5.82. The van der Waals surface area contributed by atoms with Crippen LogP contribution in [0.5, 0.6) is 5.75 Å². The largest absolute Gasteiger partial charge is 0.487 e. The number of carbonyl (C=O) groups excluding carboxylic acids is 2. The number of para-hydroxylation sites is 1. The molecular formula is C20H26N2O3. The van der Waals surface area contributed by atoms with Crippen molar-refractivity contribution in [2.75, 3.05) is 26.2 Å². The van der Waals surface area contributed by atoms with Crippen LogP contribution in [0.4, 0.5) is 0 Å². The van der Waals surface area contributed by atoms with Crippen LogP contribution in [0.2, 0.25) is 0 Å². The first-order valence-electron chi connectivity index (χ1n) is 9.50. The number of nitrogens with zero attached hydrogens (tertiary/aromatic N) is 2. The molecule has 134 valence electrons. The number of carbonyl (C=O) groups is 2. The summed E-state index contributed by atoms with van der Waals surface area (Å²) in [6.45, 7) is 2.83. The van der Waals surface area contributed by atoms with Crippen LogP contribution in [-0.4, -0.2) is 53.9 Å². The number of benzene rings is 1. The van der Waals surface area contributed by atoms with Crippen molar-refractivity contribution in [3.05, 3.63) is 30.3 Å². The maximum absolute atomic E-state index is 12.6. The molecule has 2 saturated heterocycles. The highest BCUT2D eigenvalue weighted by atomic mass is 16.5. The minimum Gasteiger partial charge on any atom is -0.487 e. The first kappa shape index (κ1) is 16.4. The van der Waals surface area contributed by atoms with Gasteiger partial charge in [-0.25, -0.2) is 0 Å². The van der Waals surface area contributed by atoms with E-state index in [1.807, 2.05) is 40.1 Å². The van der Waals surface area contributed by atoms with Crippen LogP contribution in [-0.2, 0) is 9.59 Å². The maximum Gasteiger partial charge on any atom is 0.226 e. The summed E-state index contributed by atoms with van der Waals surface area (Å²) >= 11 is 0. The number of piperidine rings is 1. The van der Waals surface area contributed by atoms with Crippen LogP contribution in [0, 0.1) is 11.8 Å². The van der Waals surface area contributed by atoms with E-state index in [0.29, 0.717) is 19.0 Å². The lowest BCUT2D eigenvalue weighted by atomic mass is 9.83. The molecule has 0 aromatic heterocycles. The van der Waals surface area contributed by atoms with Crippen LogP contribution in [0.15, 0.2) is 30.3 Å². The third kappa shape index (κ3) is 3.51. The summed E-state index contributed by atoms with van der Waals surface area (Å²) in [4.78, 5) is 28.8. The molecule has 1 aliphatic carbocycles. The van der Waals surface area contributed by atoms with Crippen LogP contribution in [0.3, 0.4) is 0 Å². The van der Waals surface area contributed by atoms with Gasteiger partial charge in [-0.1, -0.05) is 24.6 Å². The standard InChI is InChI=1S/C20H26N2O3/c23-19(15-5-4-6-15)21-11-9-16(10-12-21)20(24)22-13-18(14-22)25-17-7-2-1-3-8-17/h1-3,7-8,15-16,18H,4-6,9-14H2. The Bertz CT molecular complexity index is 615. The molecule has 25 heavy (non-hydrogen) atoms. The first-order chi connectivity index (χ1) is 12.2. The Morgan fingerprint density at radius 2 is 1.44 bits per heavy atom. The van der Waals surface area contributed by atoms with Gasteiger partial charge in [0.25, 0.3) is 0 Å².